The van der Waals surface area contributed by atoms with Crippen LogP contribution in [0.5, 0.6) is 0 Å². The number of carbonyl (C=O) groups is 1. The molecular formula is C8H18N2O5S. The van der Waals surface area contributed by atoms with Gasteiger partial charge < -0.3 is 15.5 Å². The molecule has 0 spiro atoms. The zero-order chi connectivity index (χ0) is 12.8. The molecule has 7 nitrogen and oxygen atoms in total. The number of hydrogen-bond donors (Lipinski definition) is 4. The summed E-state index contributed by atoms with van der Waals surface area (Å²) < 4.78 is 24.8. The van der Waals surface area contributed by atoms with Crippen LogP contribution < -0.4 is 10.0 Å². The van der Waals surface area contributed by atoms with E-state index in [1.807, 2.05) is 0 Å². The number of aliphatic hydroxyl groups is 1. The molecule has 0 aliphatic rings. The molecule has 0 aromatic carbocycles. The van der Waals surface area contributed by atoms with E-state index in [1.165, 1.54) is 0 Å². The van der Waals surface area contributed by atoms with Crippen molar-refractivity contribution in [3.05, 3.63) is 0 Å². The van der Waals surface area contributed by atoms with Gasteiger partial charge in [-0.2, -0.15) is 0 Å². The van der Waals surface area contributed by atoms with Crippen molar-refractivity contribution in [1.29, 1.82) is 0 Å². The van der Waals surface area contributed by atoms with Crippen LogP contribution in [0, 0.1) is 0 Å². The zero-order valence-corrected chi connectivity index (χ0v) is 10.1. The fraction of sp³-hybridized carbons (Fsp3) is 0.875. The number of hydrogen-bond acceptors (Lipinski definition) is 5. The molecule has 0 aliphatic carbocycles. The minimum Gasteiger partial charge on any atom is -0.480 e. The summed E-state index contributed by atoms with van der Waals surface area (Å²) in [7, 11) is -3.81. The minimum absolute atomic E-state index is 0.0900. The molecule has 0 fully saturated rings. The van der Waals surface area contributed by atoms with Crippen molar-refractivity contribution in [2.75, 3.05) is 19.6 Å². The second-order valence-corrected chi connectivity index (χ2v) is 5.56. The average molecular weight is 254 g/mol. The number of aliphatic hydroxyl groups excluding tert-OH is 1. The first kappa shape index (κ1) is 15.3. The monoisotopic (exact) mass is 254 g/mol. The fourth-order valence-corrected chi connectivity index (χ4v) is 1.75. The predicted molar refractivity (Wildman–Crippen MR) is 58.6 cm³/mol. The Kier molecular flexibility index (Phi) is 6.49. The third-order valence-corrected chi connectivity index (χ3v) is 3.60. The van der Waals surface area contributed by atoms with Crippen LogP contribution in [0.1, 0.15) is 13.8 Å². The van der Waals surface area contributed by atoms with E-state index >= 15 is 0 Å². The third-order valence-electron chi connectivity index (χ3n) is 1.86. The van der Waals surface area contributed by atoms with Crippen molar-refractivity contribution in [2.45, 2.75) is 25.2 Å². The summed E-state index contributed by atoms with van der Waals surface area (Å²) >= 11 is 0. The number of carboxylic acids is 1. The molecule has 0 aromatic rings. The van der Waals surface area contributed by atoms with Gasteiger partial charge in [-0.1, -0.05) is 0 Å². The van der Waals surface area contributed by atoms with Crippen LogP contribution in [0.2, 0.25) is 0 Å². The summed E-state index contributed by atoms with van der Waals surface area (Å²) in [6.45, 7) is 3.48. The molecule has 96 valence electrons. The van der Waals surface area contributed by atoms with Gasteiger partial charge in [-0.05, 0) is 13.8 Å². The van der Waals surface area contributed by atoms with Gasteiger partial charge >= 0.3 is 5.97 Å². The zero-order valence-electron chi connectivity index (χ0n) is 9.30. The summed E-state index contributed by atoms with van der Waals surface area (Å²) in [5.41, 5.74) is 0. The summed E-state index contributed by atoms with van der Waals surface area (Å²) in [5, 5.41) is 18.8. The largest absolute Gasteiger partial charge is 0.480 e. The molecular weight excluding hydrogens is 236 g/mol. The van der Waals surface area contributed by atoms with Crippen LogP contribution in [-0.2, 0) is 14.8 Å². The van der Waals surface area contributed by atoms with Crippen molar-refractivity contribution in [2.24, 2.45) is 0 Å². The Hall–Kier alpha value is -0.700. The quantitative estimate of drug-likeness (QED) is 0.386. The van der Waals surface area contributed by atoms with Crippen molar-refractivity contribution in [3.63, 3.8) is 0 Å². The van der Waals surface area contributed by atoms with E-state index in [9.17, 15) is 13.2 Å². The van der Waals surface area contributed by atoms with Crippen LogP contribution in [0.3, 0.4) is 0 Å². The molecule has 0 rings (SSSR count). The number of aliphatic carboxylic acids is 1. The highest BCUT2D eigenvalue weighted by Crippen LogP contribution is 1.96. The molecule has 16 heavy (non-hydrogen) atoms. The average Bonchev–Trinajstić information content (AvgIpc) is 2.15. The van der Waals surface area contributed by atoms with Gasteiger partial charge in [0.1, 0.15) is 0 Å². The van der Waals surface area contributed by atoms with Crippen molar-refractivity contribution < 1.29 is 23.4 Å². The SMILES string of the molecule is CC(O)CNCCNS(=O)(=O)C(C)C(=O)O. The molecule has 0 saturated carbocycles. The first-order chi connectivity index (χ1) is 7.27. The van der Waals surface area contributed by atoms with E-state index in [0.717, 1.165) is 6.92 Å². The maximum atomic E-state index is 11.3. The molecule has 8 heteroatoms. The lowest BCUT2D eigenvalue weighted by Crippen LogP contribution is -2.41. The van der Waals surface area contributed by atoms with Gasteiger partial charge in [-0.3, -0.25) is 4.79 Å². The van der Waals surface area contributed by atoms with E-state index in [4.69, 9.17) is 10.2 Å². The Labute approximate surface area is 94.9 Å². The van der Waals surface area contributed by atoms with Gasteiger partial charge in [0.15, 0.2) is 5.25 Å². The molecule has 2 unspecified atom stereocenters. The summed E-state index contributed by atoms with van der Waals surface area (Å²) in [5.74, 6) is -1.38. The molecule has 0 aliphatic heterocycles. The molecule has 0 aromatic heterocycles. The third kappa shape index (κ3) is 6.01. The highest BCUT2D eigenvalue weighted by atomic mass is 32.2. The van der Waals surface area contributed by atoms with Gasteiger partial charge in [0.25, 0.3) is 0 Å². The van der Waals surface area contributed by atoms with Gasteiger partial charge in [0, 0.05) is 19.6 Å². The number of sulfonamides is 1. The van der Waals surface area contributed by atoms with Gasteiger partial charge in [0.2, 0.25) is 10.0 Å². The Morgan fingerprint density at radius 1 is 1.31 bits per heavy atom. The van der Waals surface area contributed by atoms with E-state index in [1.54, 1.807) is 6.92 Å². The van der Waals surface area contributed by atoms with Crippen molar-refractivity contribution in [3.8, 4) is 0 Å². The van der Waals surface area contributed by atoms with Gasteiger partial charge in [0.05, 0.1) is 6.10 Å². The molecule has 2 atom stereocenters. The maximum absolute atomic E-state index is 11.3. The minimum atomic E-state index is -3.81. The van der Waals surface area contributed by atoms with Crippen LogP contribution in [0.25, 0.3) is 0 Å². The van der Waals surface area contributed by atoms with E-state index < -0.39 is 27.3 Å². The maximum Gasteiger partial charge on any atom is 0.323 e. The highest BCUT2D eigenvalue weighted by molar-refractivity contribution is 7.90. The van der Waals surface area contributed by atoms with Gasteiger partial charge in [-0.25, -0.2) is 13.1 Å². The summed E-state index contributed by atoms with van der Waals surface area (Å²) in [6.07, 6.45) is -0.505. The smallest absolute Gasteiger partial charge is 0.323 e. The predicted octanol–water partition coefficient (Wildman–Crippen LogP) is -1.65. The Balaban J connectivity index is 3.88. The topological polar surface area (TPSA) is 116 Å². The summed E-state index contributed by atoms with van der Waals surface area (Å²) in [6, 6.07) is 0. The molecule has 0 bridgehead atoms. The van der Waals surface area contributed by atoms with Gasteiger partial charge in [-0.15, -0.1) is 0 Å². The van der Waals surface area contributed by atoms with Crippen LogP contribution >= 0.6 is 0 Å². The number of nitrogens with one attached hydrogen (secondary N) is 2. The molecule has 0 radical (unpaired) electrons. The van der Waals surface area contributed by atoms with Crippen LogP contribution in [-0.4, -0.2) is 55.6 Å². The second-order valence-electron chi connectivity index (χ2n) is 3.47. The van der Waals surface area contributed by atoms with Crippen LogP contribution in [0.15, 0.2) is 0 Å². The van der Waals surface area contributed by atoms with E-state index in [2.05, 4.69) is 10.0 Å². The lowest BCUT2D eigenvalue weighted by Gasteiger charge is -2.11. The van der Waals surface area contributed by atoms with E-state index in [-0.39, 0.29) is 6.54 Å². The lowest BCUT2D eigenvalue weighted by atomic mass is 10.4. The summed E-state index contributed by atoms with van der Waals surface area (Å²) in [4.78, 5) is 10.5. The lowest BCUT2D eigenvalue weighted by molar-refractivity contribution is -0.136. The Morgan fingerprint density at radius 3 is 2.31 bits per heavy atom. The highest BCUT2D eigenvalue weighted by Gasteiger charge is 2.26. The molecule has 0 saturated heterocycles. The molecule has 0 amide bonds. The van der Waals surface area contributed by atoms with Crippen LogP contribution in [0.4, 0.5) is 0 Å². The molecule has 4 N–H and O–H groups in total. The van der Waals surface area contributed by atoms with Crippen molar-refractivity contribution >= 4 is 16.0 Å². The number of carboxylic acid groups (broad SMARTS) is 1. The molecule has 0 heterocycles. The fourth-order valence-electron chi connectivity index (χ4n) is 0.850. The first-order valence-corrected chi connectivity index (χ1v) is 6.42. The normalized spacial score (nSPS) is 15.7. The number of rotatable bonds is 8. The second kappa shape index (κ2) is 6.79. The first-order valence-electron chi connectivity index (χ1n) is 4.87. The van der Waals surface area contributed by atoms with Crippen molar-refractivity contribution in [1.82, 2.24) is 10.0 Å². The Bertz CT molecular complexity index is 314. The standard InChI is InChI=1S/C8H18N2O5S/c1-6(11)5-9-3-4-10-16(14,15)7(2)8(12)13/h6-7,9-11H,3-5H2,1-2H3,(H,12,13). The van der Waals surface area contributed by atoms with E-state index in [0.29, 0.717) is 13.1 Å². The Morgan fingerprint density at radius 2 is 1.88 bits per heavy atom.